The molecule has 0 aliphatic carbocycles. The number of rotatable bonds is 3. The van der Waals surface area contributed by atoms with Crippen molar-refractivity contribution in [3.63, 3.8) is 0 Å². The minimum atomic E-state index is -0.837. The lowest BCUT2D eigenvalue weighted by molar-refractivity contribution is -0.136. The predicted molar refractivity (Wildman–Crippen MR) is 91.1 cm³/mol. The van der Waals surface area contributed by atoms with Gasteiger partial charge in [-0.3, -0.25) is 9.59 Å². The molecule has 2 aromatic carbocycles. The van der Waals surface area contributed by atoms with Gasteiger partial charge in [0.25, 0.3) is 5.91 Å². The summed E-state index contributed by atoms with van der Waals surface area (Å²) in [4.78, 5) is 23.1. The van der Waals surface area contributed by atoms with Gasteiger partial charge < -0.3 is 21.5 Å². The lowest BCUT2D eigenvalue weighted by Gasteiger charge is -2.09. The Morgan fingerprint density at radius 2 is 1.61 bits per heavy atom. The summed E-state index contributed by atoms with van der Waals surface area (Å²) in [5.74, 6) is -0.842. The molecule has 0 aromatic heterocycles. The number of anilines is 2. The molecule has 2 aromatic rings. The number of hydrogen-bond acceptors (Lipinski definition) is 4. The molecule has 1 amide bonds. The van der Waals surface area contributed by atoms with E-state index in [2.05, 4.69) is 0 Å². The fourth-order valence-corrected chi connectivity index (χ4v) is 1.76. The monoisotopic (exact) mass is 315 g/mol. The number of amides is 1. The molecule has 0 aliphatic rings. The highest BCUT2D eigenvalue weighted by Crippen LogP contribution is 2.07. The Labute approximate surface area is 135 Å². The first kappa shape index (κ1) is 18.0. The summed E-state index contributed by atoms with van der Waals surface area (Å²) >= 11 is 0. The molecule has 2 rings (SSSR count). The summed E-state index contributed by atoms with van der Waals surface area (Å²) in [5, 5.41) is 8.42. The molecule has 122 valence electrons. The van der Waals surface area contributed by atoms with Gasteiger partial charge in [0.05, 0.1) is 6.42 Å². The van der Waals surface area contributed by atoms with Gasteiger partial charge in [-0.25, -0.2) is 0 Å². The number of carboxylic acids is 1. The van der Waals surface area contributed by atoms with Crippen molar-refractivity contribution >= 4 is 23.3 Å². The molecule has 0 aliphatic heterocycles. The second-order valence-corrected chi connectivity index (χ2v) is 5.14. The van der Waals surface area contributed by atoms with Gasteiger partial charge in [0.1, 0.15) is 0 Å². The third kappa shape index (κ3) is 6.52. The minimum Gasteiger partial charge on any atom is -0.481 e. The Morgan fingerprint density at radius 1 is 1.00 bits per heavy atom. The highest BCUT2D eigenvalue weighted by molar-refractivity contribution is 5.94. The van der Waals surface area contributed by atoms with E-state index in [0.29, 0.717) is 16.9 Å². The van der Waals surface area contributed by atoms with Crippen molar-refractivity contribution < 1.29 is 14.7 Å². The van der Waals surface area contributed by atoms with E-state index >= 15 is 0 Å². The van der Waals surface area contributed by atoms with Gasteiger partial charge in [-0.05, 0) is 42.0 Å². The van der Waals surface area contributed by atoms with Crippen LogP contribution in [0.15, 0.2) is 48.5 Å². The molecule has 0 saturated carbocycles. The minimum absolute atomic E-state index is 0.00463. The summed E-state index contributed by atoms with van der Waals surface area (Å²) in [6, 6.07) is 13.8. The van der Waals surface area contributed by atoms with Gasteiger partial charge in [-0.1, -0.05) is 12.1 Å². The standard InChI is InChI=1S/C9H12N2O.C8H9NO2/c1-11(2)9(12)7-3-5-8(10)6-4-7;9-7-3-1-2-6(4-7)5-8(10)11/h3-6H,10H2,1-2H3;1-4H,5,9H2,(H,10,11). The summed E-state index contributed by atoms with van der Waals surface area (Å²) < 4.78 is 0. The number of aliphatic carboxylic acids is 1. The zero-order valence-electron chi connectivity index (χ0n) is 13.2. The topological polar surface area (TPSA) is 110 Å². The van der Waals surface area contributed by atoms with Crippen LogP contribution in [-0.4, -0.2) is 36.0 Å². The molecule has 6 heteroatoms. The van der Waals surface area contributed by atoms with E-state index in [0.717, 1.165) is 5.56 Å². The van der Waals surface area contributed by atoms with Crippen LogP contribution < -0.4 is 11.5 Å². The van der Waals surface area contributed by atoms with E-state index in [1.54, 1.807) is 62.6 Å². The largest absolute Gasteiger partial charge is 0.481 e. The highest BCUT2D eigenvalue weighted by atomic mass is 16.4. The number of nitrogen functional groups attached to an aromatic ring is 2. The molecule has 0 atom stereocenters. The zero-order valence-corrected chi connectivity index (χ0v) is 13.2. The number of nitrogens with two attached hydrogens (primary N) is 2. The van der Waals surface area contributed by atoms with Gasteiger partial charge in [-0.15, -0.1) is 0 Å². The molecule has 0 radical (unpaired) electrons. The second-order valence-electron chi connectivity index (χ2n) is 5.14. The van der Waals surface area contributed by atoms with Crippen LogP contribution in [0.1, 0.15) is 15.9 Å². The maximum atomic E-state index is 11.3. The molecule has 0 spiro atoms. The third-order valence-corrected chi connectivity index (χ3v) is 2.87. The molecule has 0 unspecified atom stereocenters. The van der Waals surface area contributed by atoms with Crippen molar-refractivity contribution in [3.8, 4) is 0 Å². The van der Waals surface area contributed by atoms with Crippen molar-refractivity contribution in [2.24, 2.45) is 0 Å². The smallest absolute Gasteiger partial charge is 0.307 e. The Kier molecular flexibility index (Phi) is 6.61. The molecule has 5 N–H and O–H groups in total. The quantitative estimate of drug-likeness (QED) is 0.749. The van der Waals surface area contributed by atoms with Crippen molar-refractivity contribution in [1.29, 1.82) is 0 Å². The van der Waals surface area contributed by atoms with Crippen LogP contribution in [0.5, 0.6) is 0 Å². The maximum absolute atomic E-state index is 11.3. The lowest BCUT2D eigenvalue weighted by atomic mass is 10.1. The Balaban J connectivity index is 0.000000231. The molecule has 0 heterocycles. The van der Waals surface area contributed by atoms with Gasteiger partial charge in [-0.2, -0.15) is 0 Å². The van der Waals surface area contributed by atoms with Gasteiger partial charge in [0.15, 0.2) is 0 Å². The van der Waals surface area contributed by atoms with Crippen LogP contribution in [0.4, 0.5) is 11.4 Å². The zero-order chi connectivity index (χ0) is 17.4. The van der Waals surface area contributed by atoms with Crippen molar-refractivity contribution in [2.45, 2.75) is 6.42 Å². The summed E-state index contributed by atoms with van der Waals surface area (Å²) in [6.45, 7) is 0. The average molecular weight is 315 g/mol. The molecule has 23 heavy (non-hydrogen) atoms. The molecule has 0 fully saturated rings. The number of nitrogens with zero attached hydrogens (tertiary/aromatic N) is 1. The molecule has 0 bridgehead atoms. The Hall–Kier alpha value is -3.02. The first-order valence-electron chi connectivity index (χ1n) is 6.93. The van der Waals surface area contributed by atoms with E-state index in [1.165, 1.54) is 4.90 Å². The normalized spacial score (nSPS) is 9.48. The Bertz CT molecular complexity index is 667. The van der Waals surface area contributed by atoms with Crippen LogP contribution in [0, 0.1) is 0 Å². The lowest BCUT2D eigenvalue weighted by Crippen LogP contribution is -2.21. The SMILES string of the molecule is CN(C)C(=O)c1ccc(N)cc1.Nc1cccc(CC(=O)O)c1. The first-order valence-corrected chi connectivity index (χ1v) is 6.93. The van der Waals surface area contributed by atoms with E-state index in [4.69, 9.17) is 16.6 Å². The predicted octanol–water partition coefficient (Wildman–Crippen LogP) is 1.87. The molecule has 6 nitrogen and oxygen atoms in total. The fraction of sp³-hybridized carbons (Fsp3) is 0.176. The van der Waals surface area contributed by atoms with Crippen LogP contribution in [-0.2, 0) is 11.2 Å². The van der Waals surface area contributed by atoms with Crippen LogP contribution in [0.3, 0.4) is 0 Å². The number of carbonyl (C=O) groups is 2. The summed E-state index contributed by atoms with van der Waals surface area (Å²) in [7, 11) is 3.44. The van der Waals surface area contributed by atoms with Crippen LogP contribution in [0.2, 0.25) is 0 Å². The van der Waals surface area contributed by atoms with Gasteiger partial charge >= 0.3 is 5.97 Å². The van der Waals surface area contributed by atoms with Gasteiger partial charge in [0.2, 0.25) is 0 Å². The molecular formula is C17H21N3O3. The van der Waals surface area contributed by atoms with Crippen LogP contribution in [0.25, 0.3) is 0 Å². The van der Waals surface area contributed by atoms with Gasteiger partial charge in [0, 0.05) is 31.0 Å². The molecular weight excluding hydrogens is 294 g/mol. The van der Waals surface area contributed by atoms with E-state index in [9.17, 15) is 9.59 Å². The first-order chi connectivity index (χ1) is 10.8. The average Bonchev–Trinajstić information content (AvgIpc) is 2.47. The fourth-order valence-electron chi connectivity index (χ4n) is 1.76. The van der Waals surface area contributed by atoms with Crippen molar-refractivity contribution in [1.82, 2.24) is 4.90 Å². The highest BCUT2D eigenvalue weighted by Gasteiger charge is 2.05. The number of hydrogen-bond donors (Lipinski definition) is 3. The third-order valence-electron chi connectivity index (χ3n) is 2.87. The van der Waals surface area contributed by atoms with E-state index in [1.807, 2.05) is 0 Å². The Morgan fingerprint density at radius 3 is 2.09 bits per heavy atom. The molecule has 0 saturated heterocycles. The number of carboxylic acid groups (broad SMARTS) is 1. The van der Waals surface area contributed by atoms with E-state index in [-0.39, 0.29) is 12.3 Å². The maximum Gasteiger partial charge on any atom is 0.307 e. The number of benzene rings is 2. The number of carbonyl (C=O) groups excluding carboxylic acids is 1. The summed E-state index contributed by atoms with van der Waals surface area (Å²) in [6.07, 6.45) is 0.0328. The summed E-state index contributed by atoms with van der Waals surface area (Å²) in [5.41, 5.74) is 13.6. The van der Waals surface area contributed by atoms with Crippen molar-refractivity contribution in [3.05, 3.63) is 59.7 Å². The van der Waals surface area contributed by atoms with Crippen molar-refractivity contribution in [2.75, 3.05) is 25.6 Å². The second kappa shape index (κ2) is 8.43. The van der Waals surface area contributed by atoms with Crippen LogP contribution >= 0.6 is 0 Å². The van der Waals surface area contributed by atoms with E-state index < -0.39 is 5.97 Å².